The minimum Gasteiger partial charge on any atom is -0.497 e. The minimum atomic E-state index is -4.10. The van der Waals surface area contributed by atoms with Gasteiger partial charge in [-0.15, -0.1) is 0 Å². The highest BCUT2D eigenvalue weighted by molar-refractivity contribution is 9.09. The Morgan fingerprint density at radius 3 is 2.25 bits per heavy atom. The van der Waals surface area contributed by atoms with Crippen molar-refractivity contribution in [1.82, 2.24) is 0 Å². The van der Waals surface area contributed by atoms with Crippen molar-refractivity contribution in [2.45, 2.75) is 23.8 Å². The Morgan fingerprint density at radius 1 is 1.25 bits per heavy atom. The summed E-state index contributed by atoms with van der Waals surface area (Å²) in [5.74, 6) is 0.694. The Kier molecular flexibility index (Phi) is 4.65. The Bertz CT molecular complexity index is 321. The van der Waals surface area contributed by atoms with Crippen molar-refractivity contribution in [3.8, 4) is 5.75 Å². The second kappa shape index (κ2) is 5.57. The molecule has 0 aliphatic rings. The van der Waals surface area contributed by atoms with Crippen molar-refractivity contribution >= 4 is 15.9 Å². The van der Waals surface area contributed by atoms with E-state index >= 15 is 0 Å². The van der Waals surface area contributed by atoms with E-state index in [1.54, 1.807) is 31.4 Å². The molecule has 5 heteroatoms. The standard InChI is InChI=1S/C11H12BrF3O/c1-16-9-4-2-8(3-5-9)10(12)6-7-11(13,14)15/h2-5,10H,6-7H2,1H3. The van der Waals surface area contributed by atoms with Gasteiger partial charge in [-0.05, 0) is 24.1 Å². The van der Waals surface area contributed by atoms with Gasteiger partial charge in [0, 0.05) is 11.2 Å². The van der Waals surface area contributed by atoms with E-state index in [1.165, 1.54) is 0 Å². The second-order valence-corrected chi connectivity index (χ2v) is 4.50. The lowest BCUT2D eigenvalue weighted by Gasteiger charge is -2.12. The molecule has 1 aromatic rings. The maximum atomic E-state index is 12.0. The van der Waals surface area contributed by atoms with Gasteiger partial charge in [0.05, 0.1) is 7.11 Å². The van der Waals surface area contributed by atoms with Gasteiger partial charge in [0.15, 0.2) is 0 Å². The summed E-state index contributed by atoms with van der Waals surface area (Å²) in [6.07, 6.45) is -4.84. The van der Waals surface area contributed by atoms with Gasteiger partial charge in [-0.25, -0.2) is 0 Å². The first-order valence-electron chi connectivity index (χ1n) is 4.77. The van der Waals surface area contributed by atoms with Gasteiger partial charge in [-0.2, -0.15) is 13.2 Å². The Hall–Kier alpha value is -0.710. The highest BCUT2D eigenvalue weighted by Crippen LogP contribution is 2.33. The van der Waals surface area contributed by atoms with E-state index in [0.717, 1.165) is 5.56 Å². The van der Waals surface area contributed by atoms with Crippen molar-refractivity contribution < 1.29 is 17.9 Å². The zero-order valence-electron chi connectivity index (χ0n) is 8.72. The monoisotopic (exact) mass is 296 g/mol. The molecule has 0 heterocycles. The molecule has 0 aliphatic heterocycles. The number of hydrogen-bond donors (Lipinski definition) is 0. The molecule has 0 bridgehead atoms. The number of benzene rings is 1. The van der Waals surface area contributed by atoms with E-state index in [4.69, 9.17) is 4.74 Å². The fraction of sp³-hybridized carbons (Fsp3) is 0.455. The van der Waals surface area contributed by atoms with Gasteiger partial charge in [-0.1, -0.05) is 28.1 Å². The second-order valence-electron chi connectivity index (χ2n) is 3.39. The first-order valence-corrected chi connectivity index (χ1v) is 5.69. The molecule has 0 N–H and O–H groups in total. The van der Waals surface area contributed by atoms with Crippen molar-refractivity contribution in [2.75, 3.05) is 7.11 Å². The molecule has 90 valence electrons. The maximum Gasteiger partial charge on any atom is 0.389 e. The number of ether oxygens (including phenoxy) is 1. The molecule has 0 radical (unpaired) electrons. The normalized spacial score (nSPS) is 13.6. The largest absolute Gasteiger partial charge is 0.497 e. The van der Waals surface area contributed by atoms with Crippen molar-refractivity contribution in [2.24, 2.45) is 0 Å². The molecule has 1 aromatic carbocycles. The molecular weight excluding hydrogens is 285 g/mol. The third-order valence-corrected chi connectivity index (χ3v) is 3.15. The fourth-order valence-electron chi connectivity index (χ4n) is 1.27. The predicted octanol–water partition coefficient (Wildman–Crippen LogP) is 4.47. The summed E-state index contributed by atoms with van der Waals surface area (Å²) in [6.45, 7) is 0. The van der Waals surface area contributed by atoms with Crippen LogP contribution in [-0.2, 0) is 0 Å². The summed E-state index contributed by atoms with van der Waals surface area (Å²) >= 11 is 3.24. The van der Waals surface area contributed by atoms with E-state index in [0.29, 0.717) is 5.75 Å². The van der Waals surface area contributed by atoms with Crippen molar-refractivity contribution in [1.29, 1.82) is 0 Å². The van der Waals surface area contributed by atoms with Crippen LogP contribution in [0.5, 0.6) is 5.75 Å². The number of alkyl halides is 4. The summed E-state index contributed by atoms with van der Waals surface area (Å²) < 4.78 is 41.0. The molecule has 1 atom stereocenters. The lowest BCUT2D eigenvalue weighted by atomic mass is 10.1. The summed E-state index contributed by atoms with van der Waals surface area (Å²) in [5, 5.41) is 0. The molecule has 1 unspecified atom stereocenters. The van der Waals surface area contributed by atoms with Crippen molar-refractivity contribution in [3.05, 3.63) is 29.8 Å². The SMILES string of the molecule is COc1ccc(C(Br)CCC(F)(F)F)cc1. The van der Waals surface area contributed by atoms with Crippen LogP contribution in [0.25, 0.3) is 0 Å². The third kappa shape index (κ3) is 4.43. The molecule has 0 aliphatic carbocycles. The predicted molar refractivity (Wildman–Crippen MR) is 60.0 cm³/mol. The van der Waals surface area contributed by atoms with Crippen LogP contribution in [0, 0.1) is 0 Å². The first kappa shape index (κ1) is 13.4. The Balaban J connectivity index is 2.56. The van der Waals surface area contributed by atoms with E-state index < -0.39 is 12.6 Å². The van der Waals surface area contributed by atoms with Gasteiger partial charge in [0.2, 0.25) is 0 Å². The Morgan fingerprint density at radius 2 is 1.81 bits per heavy atom. The van der Waals surface area contributed by atoms with Gasteiger partial charge in [0.25, 0.3) is 0 Å². The number of halogens is 4. The van der Waals surface area contributed by atoms with Crippen LogP contribution in [0.3, 0.4) is 0 Å². The zero-order valence-corrected chi connectivity index (χ0v) is 10.3. The van der Waals surface area contributed by atoms with Gasteiger partial charge < -0.3 is 4.74 Å². The number of hydrogen-bond acceptors (Lipinski definition) is 1. The van der Waals surface area contributed by atoms with Gasteiger partial charge in [-0.3, -0.25) is 0 Å². The lowest BCUT2D eigenvalue weighted by Crippen LogP contribution is -2.08. The molecule has 0 saturated carbocycles. The molecular formula is C11H12BrF3O. The van der Waals surface area contributed by atoms with E-state index in [2.05, 4.69) is 15.9 Å². The number of methoxy groups -OCH3 is 1. The first-order chi connectivity index (χ1) is 7.42. The molecule has 1 rings (SSSR count). The average molecular weight is 297 g/mol. The van der Waals surface area contributed by atoms with Gasteiger partial charge >= 0.3 is 6.18 Å². The molecule has 0 amide bonds. The van der Waals surface area contributed by atoms with Crippen LogP contribution < -0.4 is 4.74 Å². The third-order valence-electron chi connectivity index (χ3n) is 2.16. The molecule has 0 fully saturated rings. The highest BCUT2D eigenvalue weighted by Gasteiger charge is 2.28. The Labute approximate surface area is 101 Å². The van der Waals surface area contributed by atoms with Crippen LogP contribution in [0.2, 0.25) is 0 Å². The van der Waals surface area contributed by atoms with Crippen molar-refractivity contribution in [3.63, 3.8) is 0 Å². The quantitative estimate of drug-likeness (QED) is 0.745. The maximum absolute atomic E-state index is 12.0. The van der Waals surface area contributed by atoms with Gasteiger partial charge in [0.1, 0.15) is 5.75 Å². The van der Waals surface area contributed by atoms with Crippen LogP contribution in [0.1, 0.15) is 23.2 Å². The molecule has 1 nitrogen and oxygen atoms in total. The molecule has 0 aromatic heterocycles. The number of rotatable bonds is 4. The molecule has 0 spiro atoms. The fourth-order valence-corrected chi connectivity index (χ4v) is 1.80. The van der Waals surface area contributed by atoms with Crippen LogP contribution in [0.15, 0.2) is 24.3 Å². The summed E-state index contributed by atoms with van der Waals surface area (Å²) in [4.78, 5) is -0.278. The zero-order chi connectivity index (χ0) is 12.2. The smallest absolute Gasteiger partial charge is 0.389 e. The average Bonchev–Trinajstić information content (AvgIpc) is 2.25. The summed E-state index contributed by atoms with van der Waals surface area (Å²) in [5.41, 5.74) is 0.824. The highest BCUT2D eigenvalue weighted by atomic mass is 79.9. The summed E-state index contributed by atoms with van der Waals surface area (Å²) in [7, 11) is 1.55. The summed E-state index contributed by atoms with van der Waals surface area (Å²) in [6, 6.07) is 6.98. The van der Waals surface area contributed by atoms with E-state index in [9.17, 15) is 13.2 Å². The van der Waals surface area contributed by atoms with E-state index in [-0.39, 0.29) is 11.2 Å². The van der Waals surface area contributed by atoms with E-state index in [1.807, 2.05) is 0 Å². The molecule has 16 heavy (non-hydrogen) atoms. The molecule has 0 saturated heterocycles. The lowest BCUT2D eigenvalue weighted by molar-refractivity contribution is -0.135. The van der Waals surface area contributed by atoms with Crippen LogP contribution in [0.4, 0.5) is 13.2 Å². The van der Waals surface area contributed by atoms with Crippen LogP contribution in [-0.4, -0.2) is 13.3 Å². The topological polar surface area (TPSA) is 9.23 Å². The van der Waals surface area contributed by atoms with Crippen LogP contribution >= 0.6 is 15.9 Å². The minimum absolute atomic E-state index is 0.0375.